The maximum Gasteiger partial charge on any atom is 0.294 e. The third-order valence-electron chi connectivity index (χ3n) is 5.52. The molecule has 2 heterocycles. The third-order valence-corrected chi connectivity index (χ3v) is 6.43. The van der Waals surface area contributed by atoms with Crippen LogP contribution < -0.4 is 9.64 Å². The van der Waals surface area contributed by atoms with Crippen LogP contribution in [0.1, 0.15) is 11.1 Å². The minimum absolute atomic E-state index is 0.0457. The number of ether oxygens (including phenoxy) is 1. The number of hydrogen-bond donors (Lipinski definition) is 1. The molecule has 2 amide bonds. The lowest BCUT2D eigenvalue weighted by molar-refractivity contribution is -0.124. The number of aliphatic hydroxyl groups is 1. The van der Waals surface area contributed by atoms with Crippen LogP contribution in [0.3, 0.4) is 0 Å². The number of imide groups is 1. The van der Waals surface area contributed by atoms with E-state index >= 15 is 0 Å². The van der Waals surface area contributed by atoms with E-state index in [1.807, 2.05) is 12.1 Å². The predicted octanol–water partition coefficient (Wildman–Crippen LogP) is 3.18. The van der Waals surface area contributed by atoms with Gasteiger partial charge < -0.3 is 14.7 Å². The summed E-state index contributed by atoms with van der Waals surface area (Å²) in [6.45, 7) is 5.90. The molecule has 168 valence electrons. The summed E-state index contributed by atoms with van der Waals surface area (Å²) >= 11 is 0.979. The molecular formula is C24H27N3O4S. The molecule has 32 heavy (non-hydrogen) atoms. The minimum Gasteiger partial charge on any atom is -0.491 e. The van der Waals surface area contributed by atoms with E-state index in [1.165, 1.54) is 16.2 Å². The number of carbonyl (C=O) groups excluding carboxylic acids is 2. The largest absolute Gasteiger partial charge is 0.491 e. The van der Waals surface area contributed by atoms with Crippen molar-refractivity contribution in [3.8, 4) is 5.75 Å². The Bertz CT molecular complexity index is 983. The number of benzene rings is 2. The molecule has 0 radical (unpaired) electrons. The first kappa shape index (κ1) is 22.4. The Hall–Kier alpha value is -2.81. The van der Waals surface area contributed by atoms with Crippen LogP contribution in [0.2, 0.25) is 0 Å². The summed E-state index contributed by atoms with van der Waals surface area (Å²) in [6, 6.07) is 15.7. The first-order valence-corrected chi connectivity index (χ1v) is 11.5. The van der Waals surface area contributed by atoms with Crippen molar-refractivity contribution in [2.75, 3.05) is 51.0 Å². The Labute approximate surface area is 192 Å². The quantitative estimate of drug-likeness (QED) is 0.646. The number of amides is 2. The molecule has 2 saturated heterocycles. The van der Waals surface area contributed by atoms with Gasteiger partial charge in [-0.25, -0.2) is 0 Å². The topological polar surface area (TPSA) is 73.3 Å². The van der Waals surface area contributed by atoms with Gasteiger partial charge in [-0.05, 0) is 54.6 Å². The summed E-state index contributed by atoms with van der Waals surface area (Å²) in [5, 5.41) is 8.59. The van der Waals surface area contributed by atoms with Crippen LogP contribution in [0.15, 0.2) is 53.4 Å². The van der Waals surface area contributed by atoms with Crippen molar-refractivity contribution in [3.05, 3.63) is 64.6 Å². The highest BCUT2D eigenvalue weighted by Crippen LogP contribution is 2.32. The van der Waals surface area contributed by atoms with Crippen molar-refractivity contribution in [2.45, 2.75) is 6.92 Å². The summed E-state index contributed by atoms with van der Waals surface area (Å²) in [7, 11) is 0. The monoisotopic (exact) mass is 453 g/mol. The maximum atomic E-state index is 12.8. The van der Waals surface area contributed by atoms with Gasteiger partial charge in [0.15, 0.2) is 0 Å². The fraction of sp³-hybridized carbons (Fsp3) is 0.333. The lowest BCUT2D eigenvalue weighted by Gasteiger charge is -2.37. The molecule has 8 heteroatoms. The molecule has 2 aliphatic heterocycles. The van der Waals surface area contributed by atoms with E-state index in [0.717, 1.165) is 43.5 Å². The number of aliphatic hydroxyl groups excluding tert-OH is 1. The highest BCUT2D eigenvalue weighted by atomic mass is 32.2. The van der Waals surface area contributed by atoms with Gasteiger partial charge in [-0.15, -0.1) is 0 Å². The summed E-state index contributed by atoms with van der Waals surface area (Å²) in [5.41, 5.74) is 3.27. The smallest absolute Gasteiger partial charge is 0.294 e. The molecule has 0 bridgehead atoms. The van der Waals surface area contributed by atoms with E-state index in [-0.39, 0.29) is 24.4 Å². The van der Waals surface area contributed by atoms with Crippen LogP contribution >= 0.6 is 11.8 Å². The van der Waals surface area contributed by atoms with Gasteiger partial charge in [0.25, 0.3) is 11.1 Å². The lowest BCUT2D eigenvalue weighted by atomic mass is 10.2. The Morgan fingerprint density at radius 3 is 2.34 bits per heavy atom. The van der Waals surface area contributed by atoms with Crippen LogP contribution in [0.4, 0.5) is 10.5 Å². The third kappa shape index (κ3) is 5.32. The number of rotatable bonds is 7. The van der Waals surface area contributed by atoms with Gasteiger partial charge in [0.05, 0.1) is 18.2 Å². The molecule has 7 nitrogen and oxygen atoms in total. The molecule has 0 spiro atoms. The lowest BCUT2D eigenvalue weighted by Crippen LogP contribution is -2.50. The van der Waals surface area contributed by atoms with Gasteiger partial charge in [-0.3, -0.25) is 19.4 Å². The van der Waals surface area contributed by atoms with E-state index in [9.17, 15) is 9.59 Å². The number of hydrogen-bond acceptors (Lipinski definition) is 7. The van der Waals surface area contributed by atoms with E-state index in [1.54, 1.807) is 18.2 Å². The average molecular weight is 454 g/mol. The first-order valence-electron chi connectivity index (χ1n) is 10.7. The Kier molecular flexibility index (Phi) is 7.14. The van der Waals surface area contributed by atoms with Gasteiger partial charge >= 0.3 is 0 Å². The van der Waals surface area contributed by atoms with Crippen LogP contribution in [0.25, 0.3) is 6.08 Å². The Morgan fingerprint density at radius 2 is 1.69 bits per heavy atom. The van der Waals surface area contributed by atoms with Crippen molar-refractivity contribution >= 4 is 34.7 Å². The van der Waals surface area contributed by atoms with Crippen molar-refractivity contribution < 1.29 is 19.4 Å². The second-order valence-corrected chi connectivity index (χ2v) is 8.83. The second kappa shape index (κ2) is 10.2. The standard InChI is InChI=1S/C24H27N3O4S/c1-18-2-6-20(7-3-18)26-12-10-25(11-13-26)17-27-23(29)22(32-24(27)30)16-19-4-8-21(9-5-19)31-15-14-28/h2-9,16,28H,10-15,17H2,1H3. The Morgan fingerprint density at radius 1 is 1.00 bits per heavy atom. The highest BCUT2D eigenvalue weighted by molar-refractivity contribution is 8.18. The zero-order valence-electron chi connectivity index (χ0n) is 18.1. The number of aryl methyl sites for hydroxylation is 1. The first-order chi connectivity index (χ1) is 15.5. The van der Waals surface area contributed by atoms with Gasteiger partial charge in [0.2, 0.25) is 0 Å². The van der Waals surface area contributed by atoms with E-state index in [4.69, 9.17) is 9.84 Å². The average Bonchev–Trinajstić information content (AvgIpc) is 3.07. The van der Waals surface area contributed by atoms with Crippen molar-refractivity contribution in [1.29, 1.82) is 0 Å². The molecule has 2 aliphatic rings. The number of carbonyl (C=O) groups is 2. The van der Waals surface area contributed by atoms with Crippen LogP contribution in [0.5, 0.6) is 5.75 Å². The summed E-state index contributed by atoms with van der Waals surface area (Å²) in [4.78, 5) is 31.6. The molecule has 1 N–H and O–H groups in total. The number of anilines is 1. The summed E-state index contributed by atoms with van der Waals surface area (Å²) in [6.07, 6.45) is 1.73. The van der Waals surface area contributed by atoms with Gasteiger partial charge in [0, 0.05) is 31.9 Å². The van der Waals surface area contributed by atoms with Crippen molar-refractivity contribution in [1.82, 2.24) is 9.80 Å². The summed E-state index contributed by atoms with van der Waals surface area (Å²) < 4.78 is 5.35. The number of nitrogens with zero attached hydrogens (tertiary/aromatic N) is 3. The predicted molar refractivity (Wildman–Crippen MR) is 127 cm³/mol. The van der Waals surface area contributed by atoms with Crippen LogP contribution in [-0.4, -0.2) is 72.1 Å². The van der Waals surface area contributed by atoms with E-state index in [2.05, 4.69) is 41.0 Å². The van der Waals surface area contributed by atoms with Crippen LogP contribution in [0, 0.1) is 6.92 Å². The van der Waals surface area contributed by atoms with E-state index in [0.29, 0.717) is 17.3 Å². The van der Waals surface area contributed by atoms with E-state index < -0.39 is 0 Å². The highest BCUT2D eigenvalue weighted by Gasteiger charge is 2.36. The molecule has 0 saturated carbocycles. The van der Waals surface area contributed by atoms with Gasteiger partial charge in [0.1, 0.15) is 12.4 Å². The molecule has 0 unspecified atom stereocenters. The molecule has 0 aliphatic carbocycles. The fourth-order valence-corrected chi connectivity index (χ4v) is 4.53. The maximum absolute atomic E-state index is 12.8. The fourth-order valence-electron chi connectivity index (χ4n) is 3.70. The molecule has 2 fully saturated rings. The molecule has 4 rings (SSSR count). The normalized spacial score (nSPS) is 18.6. The molecule has 2 aromatic rings. The zero-order valence-corrected chi connectivity index (χ0v) is 18.9. The molecule has 2 aromatic carbocycles. The zero-order chi connectivity index (χ0) is 22.5. The van der Waals surface area contributed by atoms with Crippen molar-refractivity contribution in [3.63, 3.8) is 0 Å². The molecule has 0 aromatic heterocycles. The SMILES string of the molecule is Cc1ccc(N2CCN(CN3C(=O)SC(=Cc4ccc(OCCO)cc4)C3=O)CC2)cc1. The Balaban J connectivity index is 1.33. The number of piperazine rings is 1. The minimum atomic E-state index is -0.249. The second-order valence-electron chi connectivity index (χ2n) is 7.83. The van der Waals surface area contributed by atoms with Gasteiger partial charge in [-0.1, -0.05) is 29.8 Å². The van der Waals surface area contributed by atoms with Gasteiger partial charge in [-0.2, -0.15) is 0 Å². The number of thioether (sulfide) groups is 1. The molecule has 0 atom stereocenters. The van der Waals surface area contributed by atoms with Crippen LogP contribution in [-0.2, 0) is 4.79 Å². The van der Waals surface area contributed by atoms with Crippen molar-refractivity contribution in [2.24, 2.45) is 0 Å². The summed E-state index contributed by atoms with van der Waals surface area (Å²) in [5.74, 6) is 0.399. The molecular weight excluding hydrogens is 426 g/mol.